The highest BCUT2D eigenvalue weighted by molar-refractivity contribution is 5.43. The zero-order valence-corrected chi connectivity index (χ0v) is 9.38. The average molecular weight is 249 g/mol. The van der Waals surface area contributed by atoms with E-state index < -0.39 is 12.8 Å². The molecule has 0 saturated carbocycles. The summed E-state index contributed by atoms with van der Waals surface area (Å²) >= 11 is 0. The third-order valence-corrected chi connectivity index (χ3v) is 2.05. The maximum Gasteiger partial charge on any atom is 0.422 e. The quantitative estimate of drug-likeness (QED) is 0.869. The molecule has 17 heavy (non-hydrogen) atoms. The van der Waals surface area contributed by atoms with Crippen molar-refractivity contribution in [2.75, 3.05) is 20.3 Å². The van der Waals surface area contributed by atoms with Gasteiger partial charge in [0.1, 0.15) is 0 Å². The molecule has 0 bridgehead atoms. The van der Waals surface area contributed by atoms with Gasteiger partial charge in [0.2, 0.25) is 0 Å². The van der Waals surface area contributed by atoms with Crippen LogP contribution in [0, 0.1) is 0 Å². The van der Waals surface area contributed by atoms with Crippen LogP contribution in [0.3, 0.4) is 0 Å². The van der Waals surface area contributed by atoms with Gasteiger partial charge >= 0.3 is 6.18 Å². The Morgan fingerprint density at radius 3 is 2.47 bits per heavy atom. The van der Waals surface area contributed by atoms with Gasteiger partial charge in [0.25, 0.3) is 0 Å². The number of hydrogen-bond donors (Lipinski definition) is 1. The zero-order valence-electron chi connectivity index (χ0n) is 9.38. The van der Waals surface area contributed by atoms with Crippen molar-refractivity contribution in [1.82, 2.24) is 0 Å². The molecular weight excluding hydrogens is 235 g/mol. The van der Waals surface area contributed by atoms with E-state index in [1.54, 1.807) is 12.1 Å². The van der Waals surface area contributed by atoms with E-state index in [0.29, 0.717) is 13.0 Å². The summed E-state index contributed by atoms with van der Waals surface area (Å²) in [4.78, 5) is 0. The number of hydrogen-bond acceptors (Lipinski definition) is 3. The summed E-state index contributed by atoms with van der Waals surface area (Å²) < 4.78 is 45.7. The van der Waals surface area contributed by atoms with Gasteiger partial charge in [-0.05, 0) is 30.7 Å². The summed E-state index contributed by atoms with van der Waals surface area (Å²) in [7, 11) is 1.37. The van der Waals surface area contributed by atoms with Crippen molar-refractivity contribution in [3.05, 3.63) is 23.8 Å². The molecule has 96 valence electrons. The molecule has 2 N–H and O–H groups in total. The number of benzene rings is 1. The topological polar surface area (TPSA) is 44.5 Å². The summed E-state index contributed by atoms with van der Waals surface area (Å²) in [5.41, 5.74) is 6.18. The number of alkyl halides is 3. The Morgan fingerprint density at radius 1 is 1.24 bits per heavy atom. The molecular formula is C11H14F3NO2. The van der Waals surface area contributed by atoms with Gasteiger partial charge in [-0.2, -0.15) is 13.2 Å². The smallest absolute Gasteiger partial charge is 0.422 e. The molecule has 0 aliphatic rings. The molecule has 6 heteroatoms. The predicted octanol–water partition coefficient (Wildman–Crippen LogP) is 2.14. The van der Waals surface area contributed by atoms with Crippen LogP contribution in [-0.4, -0.2) is 26.4 Å². The minimum Gasteiger partial charge on any atom is -0.493 e. The summed E-state index contributed by atoms with van der Waals surface area (Å²) in [6, 6.07) is 4.82. The SMILES string of the molecule is COc1ccc(CCN)cc1OCC(F)(F)F. The van der Waals surface area contributed by atoms with E-state index in [9.17, 15) is 13.2 Å². The van der Waals surface area contributed by atoms with Gasteiger partial charge in [-0.25, -0.2) is 0 Å². The van der Waals surface area contributed by atoms with Crippen LogP contribution in [0.5, 0.6) is 11.5 Å². The molecule has 0 amide bonds. The van der Waals surface area contributed by atoms with Crippen LogP contribution in [0.25, 0.3) is 0 Å². The van der Waals surface area contributed by atoms with Crippen LogP contribution >= 0.6 is 0 Å². The highest BCUT2D eigenvalue weighted by Gasteiger charge is 2.29. The van der Waals surface area contributed by atoms with Crippen LogP contribution in [0.4, 0.5) is 13.2 Å². The lowest BCUT2D eigenvalue weighted by Gasteiger charge is -2.13. The second-order valence-electron chi connectivity index (χ2n) is 3.43. The first-order valence-electron chi connectivity index (χ1n) is 5.03. The number of ether oxygens (including phenoxy) is 2. The van der Waals surface area contributed by atoms with Crippen LogP contribution in [-0.2, 0) is 6.42 Å². The van der Waals surface area contributed by atoms with Crippen molar-refractivity contribution in [2.24, 2.45) is 5.73 Å². The van der Waals surface area contributed by atoms with Crippen LogP contribution in [0.1, 0.15) is 5.56 Å². The first-order valence-corrected chi connectivity index (χ1v) is 5.03. The molecule has 1 aromatic carbocycles. The Morgan fingerprint density at radius 2 is 1.94 bits per heavy atom. The maximum atomic E-state index is 12.0. The molecule has 0 fully saturated rings. The predicted molar refractivity (Wildman–Crippen MR) is 57.3 cm³/mol. The van der Waals surface area contributed by atoms with E-state index >= 15 is 0 Å². The molecule has 0 radical (unpaired) electrons. The first kappa shape index (κ1) is 13.6. The van der Waals surface area contributed by atoms with Crippen molar-refractivity contribution < 1.29 is 22.6 Å². The fourth-order valence-corrected chi connectivity index (χ4v) is 1.32. The van der Waals surface area contributed by atoms with Gasteiger partial charge in [-0.3, -0.25) is 0 Å². The van der Waals surface area contributed by atoms with Crippen molar-refractivity contribution >= 4 is 0 Å². The third kappa shape index (κ3) is 4.52. The summed E-state index contributed by atoms with van der Waals surface area (Å²) in [6.07, 6.45) is -3.79. The Kier molecular flexibility index (Phi) is 4.62. The monoisotopic (exact) mass is 249 g/mol. The van der Waals surface area contributed by atoms with Crippen molar-refractivity contribution in [1.29, 1.82) is 0 Å². The summed E-state index contributed by atoms with van der Waals surface area (Å²) in [6.45, 7) is -0.916. The normalized spacial score (nSPS) is 11.4. The minimum absolute atomic E-state index is 0.0794. The van der Waals surface area contributed by atoms with Crippen LogP contribution < -0.4 is 15.2 Å². The average Bonchev–Trinajstić information content (AvgIpc) is 2.26. The fourth-order valence-electron chi connectivity index (χ4n) is 1.32. The number of methoxy groups -OCH3 is 1. The van der Waals surface area contributed by atoms with Gasteiger partial charge < -0.3 is 15.2 Å². The molecule has 1 rings (SSSR count). The van der Waals surface area contributed by atoms with E-state index in [2.05, 4.69) is 4.74 Å². The van der Waals surface area contributed by atoms with Gasteiger partial charge in [-0.15, -0.1) is 0 Å². The van der Waals surface area contributed by atoms with E-state index in [0.717, 1.165) is 5.56 Å². The molecule has 0 unspecified atom stereocenters. The van der Waals surface area contributed by atoms with Crippen LogP contribution in [0.2, 0.25) is 0 Å². The van der Waals surface area contributed by atoms with E-state index in [1.807, 2.05) is 0 Å². The highest BCUT2D eigenvalue weighted by Crippen LogP contribution is 2.29. The summed E-state index contributed by atoms with van der Waals surface area (Å²) in [5, 5.41) is 0. The maximum absolute atomic E-state index is 12.0. The highest BCUT2D eigenvalue weighted by atomic mass is 19.4. The lowest BCUT2D eigenvalue weighted by atomic mass is 10.1. The number of halogens is 3. The van der Waals surface area contributed by atoms with Gasteiger partial charge in [0.15, 0.2) is 18.1 Å². The first-order chi connectivity index (χ1) is 7.96. The lowest BCUT2D eigenvalue weighted by molar-refractivity contribution is -0.153. The van der Waals surface area contributed by atoms with Crippen molar-refractivity contribution in [3.8, 4) is 11.5 Å². The van der Waals surface area contributed by atoms with Crippen molar-refractivity contribution in [3.63, 3.8) is 0 Å². The summed E-state index contributed by atoms with van der Waals surface area (Å²) in [5.74, 6) is 0.353. The van der Waals surface area contributed by atoms with E-state index in [4.69, 9.17) is 10.5 Å². The second kappa shape index (κ2) is 5.77. The molecule has 3 nitrogen and oxygen atoms in total. The second-order valence-corrected chi connectivity index (χ2v) is 3.43. The fraction of sp³-hybridized carbons (Fsp3) is 0.455. The minimum atomic E-state index is -4.37. The largest absolute Gasteiger partial charge is 0.493 e. The van der Waals surface area contributed by atoms with Crippen LogP contribution in [0.15, 0.2) is 18.2 Å². The number of rotatable bonds is 5. The molecule has 0 aliphatic carbocycles. The lowest BCUT2D eigenvalue weighted by Crippen LogP contribution is -2.19. The standard InChI is InChI=1S/C11H14F3NO2/c1-16-9-3-2-8(4-5-15)6-10(9)17-7-11(12,13)14/h2-3,6H,4-5,7,15H2,1H3. The molecule has 0 spiro atoms. The molecule has 0 atom stereocenters. The van der Waals surface area contributed by atoms with E-state index in [1.165, 1.54) is 13.2 Å². The molecule has 0 aromatic heterocycles. The Balaban J connectivity index is 2.82. The third-order valence-electron chi connectivity index (χ3n) is 2.05. The number of nitrogens with two attached hydrogens (primary N) is 1. The van der Waals surface area contributed by atoms with Crippen molar-refractivity contribution in [2.45, 2.75) is 12.6 Å². The molecule has 0 saturated heterocycles. The van der Waals surface area contributed by atoms with Gasteiger partial charge in [0.05, 0.1) is 7.11 Å². The molecule has 1 aromatic rings. The zero-order chi connectivity index (χ0) is 12.9. The molecule has 0 heterocycles. The Hall–Kier alpha value is -1.43. The van der Waals surface area contributed by atoms with Gasteiger partial charge in [-0.1, -0.05) is 6.07 Å². The Labute approximate surface area is 97.3 Å². The molecule has 0 aliphatic heterocycles. The van der Waals surface area contributed by atoms with E-state index in [-0.39, 0.29) is 11.5 Å². The Bertz CT molecular complexity index is 366. The van der Waals surface area contributed by atoms with Gasteiger partial charge in [0, 0.05) is 0 Å².